The van der Waals surface area contributed by atoms with E-state index >= 15 is 0 Å². The quantitative estimate of drug-likeness (QED) is 0.359. The number of amides is 2. The van der Waals surface area contributed by atoms with Crippen LogP contribution in [0.5, 0.6) is 0 Å². The Labute approximate surface area is 248 Å². The average Bonchev–Trinajstić information content (AvgIpc) is 3.66. The first-order valence-electron chi connectivity index (χ1n) is 15.7. The Morgan fingerprint density at radius 3 is 2.50 bits per heavy atom. The molecule has 1 unspecified atom stereocenters. The molecule has 224 valence electrons. The molecular weight excluding hydrogens is 529 g/mol. The Morgan fingerprint density at radius 1 is 1.05 bits per heavy atom. The van der Waals surface area contributed by atoms with Gasteiger partial charge in [0.1, 0.15) is 5.82 Å². The van der Waals surface area contributed by atoms with Gasteiger partial charge >= 0.3 is 0 Å². The number of nitrogens with zero attached hydrogens (tertiary/aromatic N) is 5. The second kappa shape index (κ2) is 11.8. The lowest BCUT2D eigenvalue weighted by Gasteiger charge is -2.34. The number of halogens is 1. The smallest absolute Gasteiger partial charge is 0.256 e. The molecule has 3 fully saturated rings. The maximum Gasteiger partial charge on any atom is 0.256 e. The van der Waals surface area contributed by atoms with Crippen LogP contribution in [0.25, 0.3) is 16.6 Å². The van der Waals surface area contributed by atoms with Crippen molar-refractivity contribution in [1.82, 2.24) is 24.3 Å². The lowest BCUT2D eigenvalue weighted by molar-refractivity contribution is -0.134. The van der Waals surface area contributed by atoms with Crippen molar-refractivity contribution >= 4 is 22.7 Å². The van der Waals surface area contributed by atoms with Crippen molar-refractivity contribution in [3.8, 4) is 5.69 Å². The van der Waals surface area contributed by atoms with Crippen LogP contribution in [0.1, 0.15) is 67.4 Å². The maximum atomic E-state index is 14.3. The van der Waals surface area contributed by atoms with Gasteiger partial charge in [-0.1, -0.05) is 0 Å². The number of carbonyl (C=O) groups is 2. The van der Waals surface area contributed by atoms with E-state index in [2.05, 4.69) is 27.9 Å². The number of aryl methyl sites for hydroxylation is 1. The predicted octanol–water partition coefficient (Wildman–Crippen LogP) is 5.47. The number of hydrogen-bond donors (Lipinski definition) is 0. The summed E-state index contributed by atoms with van der Waals surface area (Å²) in [6.45, 7) is 11.2. The van der Waals surface area contributed by atoms with E-state index in [0.717, 1.165) is 75.9 Å². The molecule has 6 rings (SSSR count). The SMILES string of the molecule is Cc1cn(-c2ccc(F)cc2C(=O)N(C)C(C)C)c2cncc(CC3CCN(CC4CCN(C(=O)C5CC5)CC4)C3)c12. The molecule has 0 radical (unpaired) electrons. The zero-order valence-electron chi connectivity index (χ0n) is 25.5. The topological polar surface area (TPSA) is 61.7 Å². The molecule has 1 aliphatic carbocycles. The van der Waals surface area contributed by atoms with Crippen LogP contribution < -0.4 is 0 Å². The van der Waals surface area contributed by atoms with Crippen LogP contribution in [0, 0.1) is 30.5 Å². The van der Waals surface area contributed by atoms with E-state index in [1.165, 1.54) is 29.5 Å². The molecule has 7 nitrogen and oxygen atoms in total. The summed E-state index contributed by atoms with van der Waals surface area (Å²) in [7, 11) is 1.75. The highest BCUT2D eigenvalue weighted by Gasteiger charge is 2.35. The molecule has 42 heavy (non-hydrogen) atoms. The second-order valence-electron chi connectivity index (χ2n) is 13.2. The van der Waals surface area contributed by atoms with Crippen molar-refractivity contribution in [2.45, 2.75) is 65.3 Å². The van der Waals surface area contributed by atoms with E-state index in [0.29, 0.717) is 34.9 Å². The minimum Gasteiger partial charge on any atom is -0.342 e. The third-order valence-electron chi connectivity index (χ3n) is 9.77. The maximum absolute atomic E-state index is 14.3. The highest BCUT2D eigenvalue weighted by atomic mass is 19.1. The fourth-order valence-corrected chi connectivity index (χ4v) is 6.97. The lowest BCUT2D eigenvalue weighted by Crippen LogP contribution is -2.42. The van der Waals surface area contributed by atoms with E-state index in [1.54, 1.807) is 18.0 Å². The largest absolute Gasteiger partial charge is 0.342 e. The fraction of sp³-hybridized carbons (Fsp3) is 0.559. The van der Waals surface area contributed by atoms with Crippen LogP contribution in [-0.2, 0) is 11.2 Å². The molecule has 8 heteroatoms. The van der Waals surface area contributed by atoms with Gasteiger partial charge in [-0.15, -0.1) is 0 Å². The van der Waals surface area contributed by atoms with E-state index in [9.17, 15) is 14.0 Å². The first kappa shape index (κ1) is 28.8. The molecule has 2 saturated heterocycles. The second-order valence-corrected chi connectivity index (χ2v) is 13.2. The molecule has 2 aromatic heterocycles. The molecule has 0 N–H and O–H groups in total. The van der Waals surface area contributed by atoms with Crippen LogP contribution >= 0.6 is 0 Å². The van der Waals surface area contributed by atoms with Crippen molar-refractivity contribution in [2.75, 3.05) is 39.8 Å². The van der Waals surface area contributed by atoms with Crippen molar-refractivity contribution in [3.63, 3.8) is 0 Å². The molecule has 3 aromatic rings. The lowest BCUT2D eigenvalue weighted by atomic mass is 9.95. The number of benzene rings is 1. The Kier molecular flexibility index (Phi) is 8.09. The molecule has 4 heterocycles. The molecule has 0 bridgehead atoms. The summed E-state index contributed by atoms with van der Waals surface area (Å²) in [5, 5.41) is 1.18. The molecule has 2 aliphatic heterocycles. The first-order valence-corrected chi connectivity index (χ1v) is 15.7. The highest BCUT2D eigenvalue weighted by molar-refractivity contribution is 5.99. The summed E-state index contributed by atoms with van der Waals surface area (Å²) in [6.07, 6.45) is 12.5. The van der Waals surface area contributed by atoms with Gasteiger partial charge in [0.15, 0.2) is 0 Å². The summed E-state index contributed by atoms with van der Waals surface area (Å²) in [6, 6.07) is 4.46. The Morgan fingerprint density at radius 2 is 1.79 bits per heavy atom. The Balaban J connectivity index is 1.15. The Bertz CT molecular complexity index is 1470. The van der Waals surface area contributed by atoms with Crippen molar-refractivity contribution in [2.24, 2.45) is 17.8 Å². The first-order chi connectivity index (χ1) is 20.2. The van der Waals surface area contributed by atoms with Crippen LogP contribution in [0.4, 0.5) is 4.39 Å². The van der Waals surface area contributed by atoms with Gasteiger partial charge in [-0.25, -0.2) is 4.39 Å². The van der Waals surface area contributed by atoms with Gasteiger partial charge in [-0.2, -0.15) is 0 Å². The number of carbonyl (C=O) groups excluding carboxylic acids is 2. The van der Waals surface area contributed by atoms with Gasteiger partial charge in [-0.3, -0.25) is 14.6 Å². The van der Waals surface area contributed by atoms with Crippen molar-refractivity contribution in [1.29, 1.82) is 0 Å². The zero-order chi connectivity index (χ0) is 29.5. The van der Waals surface area contributed by atoms with Crippen LogP contribution in [-0.4, -0.2) is 81.9 Å². The standard InChI is InChI=1S/C34H44FN5O2/c1-22(2)37(4)34(42)29-16-28(35)7-8-30(29)40-19-23(3)32-27(17-36-18-31(32)40)15-25-9-12-38(21-25)20-24-10-13-39(14-11-24)33(41)26-5-6-26/h7-8,16-19,22,24-26H,5-6,9-15,20-21H2,1-4H3. The third-order valence-corrected chi connectivity index (χ3v) is 9.77. The van der Waals surface area contributed by atoms with Gasteiger partial charge in [0.05, 0.1) is 23.0 Å². The monoisotopic (exact) mass is 573 g/mol. The molecular formula is C34H44FN5O2. The van der Waals surface area contributed by atoms with E-state index in [4.69, 9.17) is 0 Å². The number of rotatable bonds is 8. The summed E-state index contributed by atoms with van der Waals surface area (Å²) in [5.41, 5.74) is 4.33. The van der Waals surface area contributed by atoms with Crippen molar-refractivity contribution < 1.29 is 14.0 Å². The third kappa shape index (κ3) is 5.83. The van der Waals surface area contributed by atoms with E-state index < -0.39 is 5.82 Å². The predicted molar refractivity (Wildman–Crippen MR) is 163 cm³/mol. The number of likely N-dealkylation sites (tertiary alicyclic amines) is 2. The number of hydrogen-bond acceptors (Lipinski definition) is 4. The van der Waals surface area contributed by atoms with Gasteiger partial charge < -0.3 is 19.3 Å². The van der Waals surface area contributed by atoms with Gasteiger partial charge in [0, 0.05) is 63.0 Å². The molecule has 3 aliphatic rings. The molecule has 0 spiro atoms. The minimum atomic E-state index is -0.422. The molecule has 1 aromatic carbocycles. The van der Waals surface area contributed by atoms with Crippen LogP contribution in [0.2, 0.25) is 0 Å². The number of aromatic nitrogens is 2. The summed E-state index contributed by atoms with van der Waals surface area (Å²) in [4.78, 5) is 36.7. The Hall–Kier alpha value is -3.26. The number of fused-ring (bicyclic) bond motifs is 1. The fourth-order valence-electron chi connectivity index (χ4n) is 6.97. The van der Waals surface area contributed by atoms with E-state index in [-0.39, 0.29) is 11.9 Å². The number of piperidine rings is 1. The minimum absolute atomic E-state index is 0.000314. The molecule has 1 atom stereocenters. The average molecular weight is 574 g/mol. The van der Waals surface area contributed by atoms with E-state index in [1.807, 2.05) is 30.8 Å². The van der Waals surface area contributed by atoms with Crippen molar-refractivity contribution in [3.05, 3.63) is 59.3 Å². The van der Waals surface area contributed by atoms with Gasteiger partial charge in [-0.05, 0) is 107 Å². The zero-order valence-corrected chi connectivity index (χ0v) is 25.5. The summed E-state index contributed by atoms with van der Waals surface area (Å²) in [5.74, 6) is 1.35. The van der Waals surface area contributed by atoms with Crippen LogP contribution in [0.3, 0.4) is 0 Å². The highest BCUT2D eigenvalue weighted by Crippen LogP contribution is 2.34. The molecule has 1 saturated carbocycles. The summed E-state index contributed by atoms with van der Waals surface area (Å²) < 4.78 is 16.3. The summed E-state index contributed by atoms with van der Waals surface area (Å²) >= 11 is 0. The van der Waals surface area contributed by atoms with Gasteiger partial charge in [0.2, 0.25) is 5.91 Å². The van der Waals surface area contributed by atoms with Crippen LogP contribution in [0.15, 0.2) is 36.8 Å². The van der Waals surface area contributed by atoms with Gasteiger partial charge in [0.25, 0.3) is 5.91 Å². The number of pyridine rings is 1. The normalized spacial score (nSPS) is 20.1. The molecule has 2 amide bonds.